The fourth-order valence-electron chi connectivity index (χ4n) is 3.84. The van der Waals surface area contributed by atoms with Crippen molar-refractivity contribution >= 4 is 11.5 Å². The van der Waals surface area contributed by atoms with E-state index in [9.17, 15) is 10.1 Å². The first-order valence-corrected chi connectivity index (χ1v) is 11.1. The fraction of sp³-hybridized carbons (Fsp3) is 0.192. The van der Waals surface area contributed by atoms with E-state index in [1.54, 1.807) is 4.57 Å². The van der Waals surface area contributed by atoms with Gasteiger partial charge in [-0.15, -0.1) is 0 Å². The second-order valence-electron chi connectivity index (χ2n) is 8.15. The molecule has 0 bridgehead atoms. The molecule has 0 aliphatic carbocycles. The Bertz CT molecular complexity index is 1250. The predicted octanol–water partition coefficient (Wildman–Crippen LogP) is 5.05. The number of aromatic nitrogens is 2. The van der Waals surface area contributed by atoms with E-state index >= 15 is 0 Å². The largest absolute Gasteiger partial charge is 0.443 e. The predicted molar refractivity (Wildman–Crippen MR) is 129 cm³/mol. The Balaban J connectivity index is 1.14. The summed E-state index contributed by atoms with van der Waals surface area (Å²) >= 11 is 0. The Labute approximate surface area is 196 Å². The number of hydrogen-bond donors (Lipinski definition) is 1. The van der Waals surface area contributed by atoms with Crippen molar-refractivity contribution in [3.05, 3.63) is 106 Å². The number of nitrogens with zero attached hydrogens (tertiary/aromatic N) is 3. The molecule has 0 fully saturated rings. The van der Waals surface area contributed by atoms with Crippen molar-refractivity contribution in [1.29, 1.82) is 0 Å². The van der Waals surface area contributed by atoms with Gasteiger partial charge in [0.05, 0.1) is 13.2 Å². The first kappa shape index (κ1) is 21.7. The number of hydrogen-bond acceptors (Lipinski definition) is 6. The van der Waals surface area contributed by atoms with Crippen molar-refractivity contribution in [2.45, 2.75) is 25.8 Å². The van der Waals surface area contributed by atoms with Crippen LogP contribution in [0.1, 0.15) is 11.1 Å². The van der Waals surface area contributed by atoms with Crippen molar-refractivity contribution < 1.29 is 14.4 Å². The molecule has 8 heteroatoms. The second-order valence-corrected chi connectivity index (χ2v) is 8.15. The van der Waals surface area contributed by atoms with Gasteiger partial charge in [0.15, 0.2) is 0 Å². The van der Waals surface area contributed by atoms with E-state index in [4.69, 9.17) is 9.47 Å². The summed E-state index contributed by atoms with van der Waals surface area (Å²) < 4.78 is 13.1. The third-order valence-corrected chi connectivity index (χ3v) is 5.71. The minimum Gasteiger partial charge on any atom is -0.443 e. The summed E-state index contributed by atoms with van der Waals surface area (Å²) in [5.41, 5.74) is 5.68. The van der Waals surface area contributed by atoms with Crippen molar-refractivity contribution in [2.75, 3.05) is 11.9 Å². The summed E-state index contributed by atoms with van der Waals surface area (Å²) in [6, 6.07) is 27.3. The number of benzene rings is 3. The summed E-state index contributed by atoms with van der Waals surface area (Å²) in [6.07, 6.45) is 1.18. The van der Waals surface area contributed by atoms with Crippen molar-refractivity contribution in [1.82, 2.24) is 9.55 Å². The maximum atomic E-state index is 10.9. The van der Waals surface area contributed by atoms with Crippen LogP contribution in [-0.2, 0) is 24.4 Å². The average molecular weight is 457 g/mol. The SMILES string of the molecule is O=[N+]([O-])c1cn2c(n1)OC[C@@H](OCc1ccc(-c3ccc(CNc4ccccc4)cc3)cc1)C2. The molecule has 2 heterocycles. The molecular weight excluding hydrogens is 432 g/mol. The molecule has 0 saturated heterocycles. The quantitative estimate of drug-likeness (QED) is 0.295. The third kappa shape index (κ3) is 5.07. The first-order chi connectivity index (χ1) is 16.6. The van der Waals surface area contributed by atoms with Gasteiger partial charge in [-0.2, -0.15) is 0 Å². The minimum absolute atomic E-state index is 0.196. The van der Waals surface area contributed by atoms with Crippen LogP contribution >= 0.6 is 0 Å². The highest BCUT2D eigenvalue weighted by atomic mass is 16.6. The number of ether oxygens (including phenoxy) is 2. The molecule has 0 amide bonds. The van der Waals surface area contributed by atoms with E-state index < -0.39 is 4.92 Å². The van der Waals surface area contributed by atoms with Gasteiger partial charge < -0.3 is 24.9 Å². The zero-order valence-electron chi connectivity index (χ0n) is 18.5. The van der Waals surface area contributed by atoms with Crippen LogP contribution in [-0.4, -0.2) is 27.2 Å². The van der Waals surface area contributed by atoms with Crippen molar-refractivity contribution in [2.24, 2.45) is 0 Å². The number of anilines is 1. The van der Waals surface area contributed by atoms with Gasteiger partial charge in [0, 0.05) is 17.2 Å². The minimum atomic E-state index is -0.527. The van der Waals surface area contributed by atoms with Crippen LogP contribution in [0.15, 0.2) is 85.1 Å². The van der Waals surface area contributed by atoms with Crippen LogP contribution in [0.25, 0.3) is 11.1 Å². The van der Waals surface area contributed by atoms with Crippen LogP contribution in [0.4, 0.5) is 11.5 Å². The zero-order valence-corrected chi connectivity index (χ0v) is 18.5. The molecule has 172 valence electrons. The highest BCUT2D eigenvalue weighted by Crippen LogP contribution is 2.24. The normalized spacial score (nSPS) is 14.8. The summed E-state index contributed by atoms with van der Waals surface area (Å²) in [5.74, 6) is -0.216. The third-order valence-electron chi connectivity index (χ3n) is 5.71. The first-order valence-electron chi connectivity index (χ1n) is 11.1. The van der Waals surface area contributed by atoms with Crippen molar-refractivity contribution in [3.8, 4) is 17.1 Å². The van der Waals surface area contributed by atoms with Gasteiger partial charge in [0.25, 0.3) is 0 Å². The van der Waals surface area contributed by atoms with Crippen LogP contribution in [0.3, 0.4) is 0 Å². The topological polar surface area (TPSA) is 91.5 Å². The smallest absolute Gasteiger partial charge is 0.414 e. The number of nitro groups is 1. The average Bonchev–Trinajstić information content (AvgIpc) is 3.32. The Kier molecular flexibility index (Phi) is 6.22. The van der Waals surface area contributed by atoms with Crippen LogP contribution in [0, 0.1) is 10.1 Å². The molecule has 0 spiro atoms. The van der Waals surface area contributed by atoms with Gasteiger partial charge in [-0.1, -0.05) is 66.7 Å². The summed E-state index contributed by atoms with van der Waals surface area (Å²) in [4.78, 5) is 14.2. The van der Waals surface area contributed by atoms with E-state index in [-0.39, 0.29) is 17.9 Å². The maximum Gasteiger partial charge on any atom is 0.414 e. The van der Waals surface area contributed by atoms with E-state index in [1.807, 2.05) is 18.2 Å². The number of nitrogens with one attached hydrogen (secondary N) is 1. The molecule has 3 aromatic carbocycles. The highest BCUT2D eigenvalue weighted by Gasteiger charge is 2.28. The maximum absolute atomic E-state index is 10.9. The molecular formula is C26H24N4O4. The molecule has 0 radical (unpaired) electrons. The summed E-state index contributed by atoms with van der Waals surface area (Å²) in [7, 11) is 0. The highest BCUT2D eigenvalue weighted by molar-refractivity contribution is 5.64. The zero-order chi connectivity index (χ0) is 23.3. The Morgan fingerprint density at radius 3 is 2.35 bits per heavy atom. The molecule has 1 aliphatic heterocycles. The molecule has 0 unspecified atom stereocenters. The molecule has 34 heavy (non-hydrogen) atoms. The Hall–Kier alpha value is -4.17. The van der Waals surface area contributed by atoms with E-state index in [2.05, 4.69) is 71.0 Å². The number of rotatable bonds is 8. The molecule has 0 saturated carbocycles. The van der Waals surface area contributed by atoms with Crippen LogP contribution in [0.2, 0.25) is 0 Å². The van der Waals surface area contributed by atoms with Crippen molar-refractivity contribution in [3.63, 3.8) is 0 Å². The standard InChI is InChI=1S/C26H24N4O4/c31-30(32)25-16-29-15-24(18-34-26(29)28-25)33-17-20-8-12-22(13-9-20)21-10-6-19(7-11-21)14-27-23-4-2-1-3-5-23/h1-13,16,24,27H,14-15,17-18H2/t24-/m0/s1. The second kappa shape index (κ2) is 9.76. The van der Waals surface area contributed by atoms with Gasteiger partial charge in [0.1, 0.15) is 18.9 Å². The molecule has 8 nitrogen and oxygen atoms in total. The van der Waals surface area contributed by atoms with Gasteiger partial charge in [-0.25, -0.2) is 0 Å². The fourth-order valence-corrected chi connectivity index (χ4v) is 3.84. The molecule has 1 aliphatic rings. The Morgan fingerprint density at radius 1 is 1.00 bits per heavy atom. The van der Waals surface area contributed by atoms with E-state index in [0.29, 0.717) is 19.8 Å². The lowest BCUT2D eigenvalue weighted by atomic mass is 10.0. The van der Waals surface area contributed by atoms with Gasteiger partial charge in [-0.05, 0) is 39.3 Å². The molecule has 5 rings (SSSR count). The lowest BCUT2D eigenvalue weighted by Gasteiger charge is -2.22. The Morgan fingerprint density at radius 2 is 1.68 bits per heavy atom. The monoisotopic (exact) mass is 456 g/mol. The number of imidazole rings is 1. The van der Waals surface area contributed by atoms with Crippen LogP contribution in [0.5, 0.6) is 6.01 Å². The summed E-state index contributed by atoms with van der Waals surface area (Å²) in [6.45, 7) is 2.00. The molecule has 4 aromatic rings. The number of para-hydroxylation sites is 1. The van der Waals surface area contributed by atoms with E-state index in [1.165, 1.54) is 11.8 Å². The van der Waals surface area contributed by atoms with Gasteiger partial charge >= 0.3 is 11.8 Å². The molecule has 1 atom stereocenters. The lowest BCUT2D eigenvalue weighted by Crippen LogP contribution is -2.32. The summed E-state index contributed by atoms with van der Waals surface area (Å²) in [5, 5.41) is 14.3. The molecule has 1 aromatic heterocycles. The lowest BCUT2D eigenvalue weighted by molar-refractivity contribution is -0.389. The van der Waals surface area contributed by atoms with Gasteiger partial charge in [0.2, 0.25) is 0 Å². The number of fused-ring (bicyclic) bond motifs is 1. The van der Waals surface area contributed by atoms with Gasteiger partial charge in [-0.3, -0.25) is 4.57 Å². The van der Waals surface area contributed by atoms with Crippen LogP contribution < -0.4 is 10.1 Å². The molecule has 1 N–H and O–H groups in total. The van der Waals surface area contributed by atoms with E-state index in [0.717, 1.165) is 28.9 Å².